The van der Waals surface area contributed by atoms with Crippen LogP contribution in [0.15, 0.2) is 60.7 Å². The van der Waals surface area contributed by atoms with Gasteiger partial charge in [0.05, 0.1) is 0 Å². The highest BCUT2D eigenvalue weighted by Crippen LogP contribution is 2.25. The molecule has 0 spiro atoms. The molecule has 0 aromatic heterocycles. The molecule has 0 aliphatic heterocycles. The van der Waals surface area contributed by atoms with Crippen LogP contribution in [0.25, 0.3) is 0 Å². The highest BCUT2D eigenvalue weighted by Gasteiger charge is 2.38. The smallest absolute Gasteiger partial charge is 0.255 e. The summed E-state index contributed by atoms with van der Waals surface area (Å²) in [6.07, 6.45) is 2.10. The maximum Gasteiger partial charge on any atom is 0.255 e. The summed E-state index contributed by atoms with van der Waals surface area (Å²) in [4.78, 5) is 27.8. The van der Waals surface area contributed by atoms with E-state index in [4.69, 9.17) is 0 Å². The van der Waals surface area contributed by atoms with Crippen LogP contribution in [-0.2, 0) is 0 Å². The second kappa shape index (κ2) is 9.18. The Morgan fingerprint density at radius 3 is 1.81 bits per heavy atom. The normalized spacial score (nSPS) is 11.0. The molecule has 2 rings (SSSR count). The van der Waals surface area contributed by atoms with E-state index in [-0.39, 0.29) is 11.8 Å². The second-order valence-corrected chi connectivity index (χ2v) is 6.38. The molecule has 0 saturated heterocycles. The number of hydrogen-bond acceptors (Lipinski definition) is 2. The Morgan fingerprint density at radius 1 is 0.846 bits per heavy atom. The minimum absolute atomic E-state index is 0.0514. The van der Waals surface area contributed by atoms with Crippen molar-refractivity contribution >= 4 is 11.8 Å². The summed E-state index contributed by atoms with van der Waals surface area (Å²) >= 11 is 0. The van der Waals surface area contributed by atoms with E-state index in [9.17, 15) is 9.59 Å². The molecular formula is C22H28N2O2. The third-order valence-corrected chi connectivity index (χ3v) is 4.78. The van der Waals surface area contributed by atoms with Gasteiger partial charge in [-0.3, -0.25) is 9.59 Å². The third-order valence-electron chi connectivity index (χ3n) is 4.78. The van der Waals surface area contributed by atoms with Crippen molar-refractivity contribution in [2.45, 2.75) is 45.7 Å². The molecule has 2 amide bonds. The van der Waals surface area contributed by atoms with E-state index in [0.717, 1.165) is 6.42 Å². The van der Waals surface area contributed by atoms with Crippen molar-refractivity contribution in [3.05, 3.63) is 71.8 Å². The maximum atomic E-state index is 13.2. The van der Waals surface area contributed by atoms with Crippen LogP contribution in [-0.4, -0.2) is 28.9 Å². The molecule has 0 radical (unpaired) electrons. The first-order valence-electron chi connectivity index (χ1n) is 9.32. The molecule has 4 heteroatoms. The molecule has 26 heavy (non-hydrogen) atoms. The molecule has 0 bridgehead atoms. The first kappa shape index (κ1) is 19.7. The molecule has 0 unspecified atom stereocenters. The molecular weight excluding hydrogens is 324 g/mol. The molecule has 0 atom stereocenters. The summed E-state index contributed by atoms with van der Waals surface area (Å²) in [6, 6.07) is 18.4. The Bertz CT molecular complexity index is 709. The van der Waals surface area contributed by atoms with Crippen molar-refractivity contribution in [1.29, 1.82) is 0 Å². The Hall–Kier alpha value is -2.62. The zero-order valence-electron chi connectivity index (χ0n) is 15.9. The number of amides is 2. The van der Waals surface area contributed by atoms with Crippen molar-refractivity contribution in [1.82, 2.24) is 10.2 Å². The predicted molar refractivity (Wildman–Crippen MR) is 105 cm³/mol. The van der Waals surface area contributed by atoms with Crippen molar-refractivity contribution in [2.75, 3.05) is 6.54 Å². The number of nitrogens with one attached hydrogen (secondary N) is 1. The average Bonchev–Trinajstić information content (AvgIpc) is 2.71. The van der Waals surface area contributed by atoms with E-state index >= 15 is 0 Å². The van der Waals surface area contributed by atoms with Gasteiger partial charge in [-0.25, -0.2) is 0 Å². The van der Waals surface area contributed by atoms with Gasteiger partial charge in [0.2, 0.25) is 0 Å². The minimum atomic E-state index is -0.712. The standard InChI is InChI=1S/C22H28N2O2/c1-4-17-24(21(26)19-15-11-8-12-16-19)22(5-2,6-3)23-20(25)18-13-9-7-10-14-18/h7-16H,4-6,17H2,1-3H3,(H,23,25). The number of carbonyl (C=O) groups excluding carboxylic acids is 2. The summed E-state index contributed by atoms with van der Waals surface area (Å²) in [5.74, 6) is -0.208. The lowest BCUT2D eigenvalue weighted by molar-refractivity contribution is 0.0296. The van der Waals surface area contributed by atoms with E-state index in [0.29, 0.717) is 30.5 Å². The van der Waals surface area contributed by atoms with E-state index in [2.05, 4.69) is 5.32 Å². The molecule has 2 aromatic carbocycles. The van der Waals surface area contributed by atoms with Gasteiger partial charge in [-0.05, 0) is 43.5 Å². The minimum Gasteiger partial charge on any atom is -0.329 e. The molecule has 0 fully saturated rings. The number of nitrogens with zero attached hydrogens (tertiary/aromatic N) is 1. The predicted octanol–water partition coefficient (Wildman–Crippen LogP) is 4.49. The maximum absolute atomic E-state index is 13.2. The van der Waals surface area contributed by atoms with Crippen LogP contribution < -0.4 is 5.32 Å². The van der Waals surface area contributed by atoms with E-state index in [1.54, 1.807) is 12.1 Å². The molecule has 1 N–H and O–H groups in total. The van der Waals surface area contributed by atoms with Gasteiger partial charge in [0.25, 0.3) is 11.8 Å². The fourth-order valence-electron chi connectivity index (χ4n) is 3.22. The highest BCUT2D eigenvalue weighted by molar-refractivity contribution is 5.97. The molecule has 2 aromatic rings. The van der Waals surface area contributed by atoms with Gasteiger partial charge >= 0.3 is 0 Å². The molecule has 0 heterocycles. The second-order valence-electron chi connectivity index (χ2n) is 6.38. The Kier molecular flexibility index (Phi) is 6.96. The summed E-state index contributed by atoms with van der Waals surface area (Å²) < 4.78 is 0. The zero-order chi connectivity index (χ0) is 19.0. The van der Waals surface area contributed by atoms with Gasteiger partial charge in [-0.1, -0.05) is 57.2 Å². The number of hydrogen-bond donors (Lipinski definition) is 1. The topological polar surface area (TPSA) is 49.4 Å². The zero-order valence-corrected chi connectivity index (χ0v) is 15.9. The molecule has 0 aliphatic carbocycles. The Morgan fingerprint density at radius 2 is 1.35 bits per heavy atom. The van der Waals surface area contributed by atoms with Gasteiger partial charge < -0.3 is 10.2 Å². The van der Waals surface area contributed by atoms with Crippen molar-refractivity contribution in [2.24, 2.45) is 0 Å². The lowest BCUT2D eigenvalue weighted by Gasteiger charge is -2.44. The lowest BCUT2D eigenvalue weighted by atomic mass is 9.98. The van der Waals surface area contributed by atoms with E-state index in [1.807, 2.05) is 74.2 Å². The first-order valence-corrected chi connectivity index (χ1v) is 9.32. The van der Waals surface area contributed by atoms with E-state index in [1.165, 1.54) is 0 Å². The van der Waals surface area contributed by atoms with Crippen molar-refractivity contribution in [3.8, 4) is 0 Å². The number of benzene rings is 2. The largest absolute Gasteiger partial charge is 0.329 e. The van der Waals surface area contributed by atoms with Gasteiger partial charge in [-0.2, -0.15) is 0 Å². The lowest BCUT2D eigenvalue weighted by Crippen LogP contribution is -2.62. The summed E-state index contributed by atoms with van der Waals surface area (Å²) in [5, 5.41) is 3.15. The number of rotatable bonds is 8. The van der Waals surface area contributed by atoms with Crippen LogP contribution in [0.2, 0.25) is 0 Å². The summed E-state index contributed by atoms with van der Waals surface area (Å²) in [5.41, 5.74) is 0.527. The number of carbonyl (C=O) groups is 2. The van der Waals surface area contributed by atoms with Crippen LogP contribution in [0.4, 0.5) is 0 Å². The van der Waals surface area contributed by atoms with Gasteiger partial charge in [0, 0.05) is 17.7 Å². The Balaban J connectivity index is 2.36. The van der Waals surface area contributed by atoms with Gasteiger partial charge in [-0.15, -0.1) is 0 Å². The van der Waals surface area contributed by atoms with Crippen LogP contribution in [0.3, 0.4) is 0 Å². The fourth-order valence-corrected chi connectivity index (χ4v) is 3.22. The van der Waals surface area contributed by atoms with Crippen molar-refractivity contribution < 1.29 is 9.59 Å². The summed E-state index contributed by atoms with van der Waals surface area (Å²) in [6.45, 7) is 6.65. The van der Waals surface area contributed by atoms with E-state index < -0.39 is 5.66 Å². The van der Waals surface area contributed by atoms with Gasteiger partial charge in [0.1, 0.15) is 5.66 Å². The Labute approximate surface area is 156 Å². The van der Waals surface area contributed by atoms with Crippen molar-refractivity contribution in [3.63, 3.8) is 0 Å². The van der Waals surface area contributed by atoms with Gasteiger partial charge in [0.15, 0.2) is 0 Å². The summed E-state index contributed by atoms with van der Waals surface area (Å²) in [7, 11) is 0. The monoisotopic (exact) mass is 352 g/mol. The van der Waals surface area contributed by atoms with Crippen LogP contribution in [0.1, 0.15) is 60.7 Å². The highest BCUT2D eigenvalue weighted by atomic mass is 16.2. The first-order chi connectivity index (χ1) is 12.6. The third kappa shape index (κ3) is 4.31. The molecule has 0 aliphatic rings. The van der Waals surface area contributed by atoms with Crippen LogP contribution in [0.5, 0.6) is 0 Å². The molecule has 138 valence electrons. The van der Waals surface area contributed by atoms with Crippen LogP contribution in [0, 0.1) is 0 Å². The quantitative estimate of drug-likeness (QED) is 0.712. The SMILES string of the molecule is CCCN(C(=O)c1ccccc1)C(CC)(CC)NC(=O)c1ccccc1. The molecule has 4 nitrogen and oxygen atoms in total. The van der Waals surface area contributed by atoms with Crippen LogP contribution >= 0.6 is 0 Å². The average molecular weight is 352 g/mol. The molecule has 0 saturated carbocycles. The fraction of sp³-hybridized carbons (Fsp3) is 0.364.